The van der Waals surface area contributed by atoms with Gasteiger partial charge in [-0.3, -0.25) is 9.59 Å². The second kappa shape index (κ2) is 11.4. The second-order valence-electron chi connectivity index (χ2n) is 6.43. The molecule has 1 aromatic heterocycles. The summed E-state index contributed by atoms with van der Waals surface area (Å²) in [6.07, 6.45) is 2.09. The highest BCUT2D eigenvalue weighted by atomic mass is 32.2. The number of nitrogens with zero attached hydrogens (tertiary/aromatic N) is 5. The number of hydrogen-bond donors (Lipinski definition) is 1. The summed E-state index contributed by atoms with van der Waals surface area (Å²) >= 11 is 2.47. The number of esters is 1. The summed E-state index contributed by atoms with van der Waals surface area (Å²) in [5.74, 6) is -0.532. The molecule has 31 heavy (non-hydrogen) atoms. The Morgan fingerprint density at radius 3 is 2.71 bits per heavy atom. The molecule has 1 N–H and O–H groups in total. The molecule has 2 aromatic rings. The Kier molecular flexibility index (Phi) is 8.96. The zero-order valence-electron chi connectivity index (χ0n) is 18.1. The first-order valence-electron chi connectivity index (χ1n) is 9.44. The fourth-order valence-electron chi connectivity index (χ4n) is 2.84. The van der Waals surface area contributed by atoms with Crippen molar-refractivity contribution in [3.8, 4) is 6.07 Å². The van der Waals surface area contributed by atoms with E-state index in [2.05, 4.69) is 26.0 Å². The summed E-state index contributed by atoms with van der Waals surface area (Å²) in [4.78, 5) is 25.3. The lowest BCUT2D eigenvalue weighted by Crippen LogP contribution is -2.27. The second-order valence-corrected chi connectivity index (χ2v) is 7.97. The van der Waals surface area contributed by atoms with E-state index in [1.807, 2.05) is 37.1 Å². The molecule has 0 saturated carbocycles. The van der Waals surface area contributed by atoms with Crippen LogP contribution in [0.1, 0.15) is 31.4 Å². The molecule has 0 fully saturated rings. The summed E-state index contributed by atoms with van der Waals surface area (Å²) in [7, 11) is 1.36. The van der Waals surface area contributed by atoms with E-state index in [0.29, 0.717) is 40.1 Å². The predicted molar refractivity (Wildman–Crippen MR) is 123 cm³/mol. The zero-order valence-corrected chi connectivity index (χ0v) is 19.7. The minimum atomic E-state index is -0.286. The number of hydrogen-bond acceptors (Lipinski definition) is 10. The van der Waals surface area contributed by atoms with Gasteiger partial charge in [0.05, 0.1) is 19.2 Å². The summed E-state index contributed by atoms with van der Waals surface area (Å²) in [6.45, 7) is 6.47. The molecule has 0 spiro atoms. The molecule has 9 nitrogen and oxygen atoms in total. The highest BCUT2D eigenvalue weighted by Crippen LogP contribution is 2.37. The molecule has 1 aromatic carbocycles. The molecule has 11 heteroatoms. The van der Waals surface area contributed by atoms with E-state index in [1.165, 1.54) is 25.8 Å². The van der Waals surface area contributed by atoms with Crippen molar-refractivity contribution in [2.24, 2.45) is 10.2 Å². The number of ether oxygens (including phenoxy) is 1. The summed E-state index contributed by atoms with van der Waals surface area (Å²) in [5.41, 5.74) is 3.11. The van der Waals surface area contributed by atoms with Crippen molar-refractivity contribution in [2.45, 2.75) is 32.2 Å². The number of azo groups is 1. The predicted octanol–water partition coefficient (Wildman–Crippen LogP) is 4.81. The number of rotatable bonds is 9. The smallest absolute Gasteiger partial charge is 0.307 e. The number of carbonyl (C=O) groups excluding carboxylic acids is 2. The molecule has 0 radical (unpaired) electrons. The van der Waals surface area contributed by atoms with Crippen LogP contribution in [0.4, 0.5) is 22.1 Å². The maximum absolute atomic E-state index is 11.8. The Hall–Kier alpha value is -2.97. The minimum absolute atomic E-state index is 0.246. The van der Waals surface area contributed by atoms with E-state index in [0.717, 1.165) is 22.8 Å². The Morgan fingerprint density at radius 2 is 2.13 bits per heavy atom. The van der Waals surface area contributed by atoms with E-state index in [4.69, 9.17) is 4.74 Å². The largest absolute Gasteiger partial charge is 0.469 e. The van der Waals surface area contributed by atoms with Crippen molar-refractivity contribution in [1.29, 1.82) is 5.26 Å². The number of aromatic nitrogens is 1. The van der Waals surface area contributed by atoms with Gasteiger partial charge in [0.25, 0.3) is 0 Å². The van der Waals surface area contributed by atoms with Gasteiger partial charge in [0.15, 0.2) is 5.00 Å². The standard InChI is InChI=1S/C20H24N6O3S2/c1-6-26(8-7-18(28)29-4)17-10-15(22-13(3)27)16(9-12(17)2)23-24-19-14(11-21)20(30-5)25-31-19/h9-10H,6-8H2,1-5H3,(H,22,27). The minimum Gasteiger partial charge on any atom is -0.469 e. The molecule has 0 unspecified atom stereocenters. The van der Waals surface area contributed by atoms with E-state index < -0.39 is 0 Å². The van der Waals surface area contributed by atoms with Crippen LogP contribution < -0.4 is 10.2 Å². The normalized spacial score (nSPS) is 10.7. The monoisotopic (exact) mass is 460 g/mol. The number of benzene rings is 1. The van der Waals surface area contributed by atoms with E-state index >= 15 is 0 Å². The first-order chi connectivity index (χ1) is 14.8. The van der Waals surface area contributed by atoms with Crippen LogP contribution in [-0.4, -0.2) is 42.7 Å². The molecule has 164 valence electrons. The SMILES string of the molecule is CCN(CCC(=O)OC)c1cc(NC(C)=O)c(N=Nc2snc(SC)c2C#N)cc1C. The van der Waals surface area contributed by atoms with Gasteiger partial charge in [-0.25, -0.2) is 0 Å². The fraction of sp³-hybridized carbons (Fsp3) is 0.400. The van der Waals surface area contributed by atoms with Crippen molar-refractivity contribution in [1.82, 2.24) is 4.37 Å². The Balaban J connectivity index is 2.43. The number of nitrogens with one attached hydrogen (secondary N) is 1. The summed E-state index contributed by atoms with van der Waals surface area (Å²) < 4.78 is 8.94. The van der Waals surface area contributed by atoms with Crippen LogP contribution in [0.3, 0.4) is 0 Å². The average molecular weight is 461 g/mol. The molecule has 2 rings (SSSR count). The molecular formula is C20H24N6O3S2. The van der Waals surface area contributed by atoms with Crippen molar-refractivity contribution in [3.63, 3.8) is 0 Å². The quantitative estimate of drug-likeness (QED) is 0.324. The van der Waals surface area contributed by atoms with Gasteiger partial charge < -0.3 is 15.0 Å². The first-order valence-corrected chi connectivity index (χ1v) is 11.4. The molecule has 1 amide bonds. The highest BCUT2D eigenvalue weighted by molar-refractivity contribution is 7.98. The molecular weight excluding hydrogens is 436 g/mol. The van der Waals surface area contributed by atoms with Gasteiger partial charge in [-0.15, -0.1) is 22.0 Å². The van der Waals surface area contributed by atoms with Crippen LogP contribution in [0.15, 0.2) is 27.4 Å². The third-order valence-electron chi connectivity index (χ3n) is 4.36. The van der Waals surface area contributed by atoms with Crippen molar-refractivity contribution in [2.75, 3.05) is 36.7 Å². The van der Waals surface area contributed by atoms with Crippen LogP contribution in [0.5, 0.6) is 0 Å². The third kappa shape index (κ3) is 6.26. The Morgan fingerprint density at radius 1 is 1.39 bits per heavy atom. The number of amides is 1. The van der Waals surface area contributed by atoms with E-state index in [9.17, 15) is 14.9 Å². The summed E-state index contributed by atoms with van der Waals surface area (Å²) in [5, 5.41) is 21.7. The maximum atomic E-state index is 11.8. The highest BCUT2D eigenvalue weighted by Gasteiger charge is 2.16. The molecule has 0 aliphatic rings. The van der Waals surface area contributed by atoms with E-state index in [-0.39, 0.29) is 18.3 Å². The lowest BCUT2D eigenvalue weighted by atomic mass is 10.1. The number of methoxy groups -OCH3 is 1. The van der Waals surface area contributed by atoms with Gasteiger partial charge >= 0.3 is 5.97 Å². The van der Waals surface area contributed by atoms with Gasteiger partial charge in [0, 0.05) is 25.7 Å². The number of nitriles is 1. The number of carbonyl (C=O) groups is 2. The lowest BCUT2D eigenvalue weighted by molar-refractivity contribution is -0.140. The topological polar surface area (TPSA) is 120 Å². The number of aryl methyl sites for hydroxylation is 1. The lowest BCUT2D eigenvalue weighted by Gasteiger charge is -2.25. The number of anilines is 2. The maximum Gasteiger partial charge on any atom is 0.307 e. The molecule has 0 saturated heterocycles. The van der Waals surface area contributed by atoms with Crippen LogP contribution in [-0.2, 0) is 14.3 Å². The van der Waals surface area contributed by atoms with E-state index in [1.54, 1.807) is 0 Å². The van der Waals surface area contributed by atoms with Gasteiger partial charge in [-0.2, -0.15) is 9.64 Å². The molecule has 1 heterocycles. The van der Waals surface area contributed by atoms with Crippen LogP contribution in [0.2, 0.25) is 0 Å². The van der Waals surface area contributed by atoms with Crippen molar-refractivity contribution < 1.29 is 14.3 Å². The molecule has 0 atom stereocenters. The molecule has 0 aliphatic heterocycles. The first kappa shape index (κ1) is 24.3. The van der Waals surface area contributed by atoms with Gasteiger partial charge in [-0.1, -0.05) is 0 Å². The van der Waals surface area contributed by atoms with Gasteiger partial charge in [-0.05, 0) is 49.3 Å². The number of thioether (sulfide) groups is 1. The van der Waals surface area contributed by atoms with Crippen molar-refractivity contribution >= 4 is 57.2 Å². The van der Waals surface area contributed by atoms with Gasteiger partial charge in [0.1, 0.15) is 22.3 Å². The average Bonchev–Trinajstić information content (AvgIpc) is 3.16. The van der Waals surface area contributed by atoms with Crippen molar-refractivity contribution in [3.05, 3.63) is 23.3 Å². The van der Waals surface area contributed by atoms with Gasteiger partial charge in [0.2, 0.25) is 5.91 Å². The van der Waals surface area contributed by atoms with Crippen LogP contribution in [0.25, 0.3) is 0 Å². The third-order valence-corrected chi connectivity index (χ3v) is 5.89. The molecule has 0 bridgehead atoms. The van der Waals surface area contributed by atoms with Crippen LogP contribution in [0, 0.1) is 18.3 Å². The molecule has 0 aliphatic carbocycles. The Bertz CT molecular complexity index is 1030. The summed E-state index contributed by atoms with van der Waals surface area (Å²) in [6, 6.07) is 5.74. The Labute approximate surface area is 189 Å². The van der Waals surface area contributed by atoms with Crippen LogP contribution >= 0.6 is 23.3 Å². The zero-order chi connectivity index (χ0) is 23.0. The fourth-order valence-corrected chi connectivity index (χ4v) is 4.23.